The van der Waals surface area contributed by atoms with E-state index >= 15 is 0 Å². The Morgan fingerprint density at radius 2 is 1.68 bits per heavy atom. The van der Waals surface area contributed by atoms with Crippen molar-refractivity contribution in [2.45, 2.75) is 33.1 Å². The topological polar surface area (TPSA) is 71.1 Å². The van der Waals surface area contributed by atoms with Gasteiger partial charge in [-0.25, -0.2) is 0 Å². The van der Waals surface area contributed by atoms with Crippen molar-refractivity contribution in [1.29, 1.82) is 0 Å². The predicted molar refractivity (Wildman–Crippen MR) is 122 cm³/mol. The second kappa shape index (κ2) is 10.6. The summed E-state index contributed by atoms with van der Waals surface area (Å²) in [5, 5.41) is 3.28. The van der Waals surface area contributed by atoms with Crippen LogP contribution >= 0.6 is 11.6 Å². The molecule has 1 aromatic rings. The zero-order valence-electron chi connectivity index (χ0n) is 18.9. The van der Waals surface area contributed by atoms with Crippen molar-refractivity contribution in [3.63, 3.8) is 0 Å². The van der Waals surface area contributed by atoms with Crippen LogP contribution in [0.3, 0.4) is 0 Å². The fraction of sp³-hybridized carbons (Fsp3) is 0.652. The lowest BCUT2D eigenvalue weighted by molar-refractivity contribution is -0.139. The van der Waals surface area contributed by atoms with Crippen LogP contribution in [0.5, 0.6) is 11.5 Å². The summed E-state index contributed by atoms with van der Waals surface area (Å²) in [5.74, 6) is 2.34. The van der Waals surface area contributed by atoms with E-state index in [0.717, 1.165) is 39.0 Å². The highest BCUT2D eigenvalue weighted by Gasteiger charge is 2.32. The predicted octanol–water partition coefficient (Wildman–Crippen LogP) is 3.51. The first-order valence-electron chi connectivity index (χ1n) is 11.0. The molecule has 0 saturated carbocycles. The first-order valence-corrected chi connectivity index (χ1v) is 11.4. The Morgan fingerprint density at radius 3 is 2.26 bits per heavy atom. The molecule has 2 heterocycles. The molecular weight excluding hydrogens is 418 g/mol. The van der Waals surface area contributed by atoms with Gasteiger partial charge in [-0.3, -0.25) is 14.5 Å². The van der Waals surface area contributed by atoms with Gasteiger partial charge in [0.25, 0.3) is 0 Å². The molecule has 2 saturated heterocycles. The molecule has 1 N–H and O–H groups in total. The number of rotatable bonds is 6. The van der Waals surface area contributed by atoms with Gasteiger partial charge in [0, 0.05) is 25.1 Å². The molecule has 2 atom stereocenters. The van der Waals surface area contributed by atoms with Gasteiger partial charge in [-0.15, -0.1) is 0 Å². The van der Waals surface area contributed by atoms with E-state index in [1.54, 1.807) is 12.1 Å². The van der Waals surface area contributed by atoms with Gasteiger partial charge < -0.3 is 19.7 Å². The third kappa shape index (κ3) is 6.04. The average molecular weight is 452 g/mol. The molecule has 2 fully saturated rings. The third-order valence-electron chi connectivity index (χ3n) is 6.23. The molecular formula is C23H34ClN3O4. The smallest absolute Gasteiger partial charge is 0.238 e. The first-order chi connectivity index (χ1) is 14.8. The van der Waals surface area contributed by atoms with Gasteiger partial charge in [-0.05, 0) is 50.3 Å². The SMILES string of the molecule is COc1cc(OC)c(NC(=O)CN2CCC(C(=O)N3C[C@H](C)C[C@H](C)C3)CC2)cc1Cl. The number of nitrogens with one attached hydrogen (secondary N) is 1. The van der Waals surface area contributed by atoms with E-state index in [0.29, 0.717) is 40.0 Å². The van der Waals surface area contributed by atoms with Crippen LogP contribution in [-0.4, -0.2) is 68.6 Å². The molecule has 0 spiro atoms. The van der Waals surface area contributed by atoms with Gasteiger partial charge >= 0.3 is 0 Å². The van der Waals surface area contributed by atoms with Crippen LogP contribution < -0.4 is 14.8 Å². The monoisotopic (exact) mass is 451 g/mol. The normalized spacial score (nSPS) is 22.8. The van der Waals surface area contributed by atoms with Crippen LogP contribution in [0, 0.1) is 17.8 Å². The molecule has 0 radical (unpaired) electrons. The Bertz CT molecular complexity index is 785. The van der Waals surface area contributed by atoms with Crippen molar-refractivity contribution >= 4 is 29.1 Å². The number of hydrogen-bond acceptors (Lipinski definition) is 5. The van der Waals surface area contributed by atoms with Gasteiger partial charge in [-0.2, -0.15) is 0 Å². The summed E-state index contributed by atoms with van der Waals surface area (Å²) in [6.45, 7) is 7.94. The summed E-state index contributed by atoms with van der Waals surface area (Å²) in [7, 11) is 3.06. The molecule has 31 heavy (non-hydrogen) atoms. The summed E-state index contributed by atoms with van der Waals surface area (Å²) in [6.07, 6.45) is 2.79. The van der Waals surface area contributed by atoms with Crippen molar-refractivity contribution in [2.75, 3.05) is 52.3 Å². The summed E-state index contributed by atoms with van der Waals surface area (Å²) < 4.78 is 10.5. The number of methoxy groups -OCH3 is 2. The van der Waals surface area contributed by atoms with E-state index in [2.05, 4.69) is 29.0 Å². The van der Waals surface area contributed by atoms with Crippen LogP contribution in [0.25, 0.3) is 0 Å². The second-order valence-electron chi connectivity index (χ2n) is 8.97. The summed E-state index contributed by atoms with van der Waals surface area (Å²) in [6, 6.07) is 3.28. The lowest BCUT2D eigenvalue weighted by atomic mass is 9.89. The standard InChI is InChI=1S/C23H34ClN3O4/c1-15-9-16(2)13-27(12-15)23(29)17-5-7-26(8-6-17)14-22(28)25-19-10-18(24)20(30-3)11-21(19)31-4/h10-11,15-17H,5-9,12-14H2,1-4H3,(H,25,28)/t15-,16+. The Kier molecular flexibility index (Phi) is 8.06. The van der Waals surface area contributed by atoms with E-state index in [9.17, 15) is 9.59 Å². The van der Waals surface area contributed by atoms with Gasteiger partial charge in [0.2, 0.25) is 11.8 Å². The number of piperidine rings is 2. The highest BCUT2D eigenvalue weighted by molar-refractivity contribution is 6.32. The first kappa shape index (κ1) is 23.7. The van der Waals surface area contributed by atoms with Crippen molar-refractivity contribution < 1.29 is 19.1 Å². The highest BCUT2D eigenvalue weighted by Crippen LogP contribution is 2.36. The van der Waals surface area contributed by atoms with Crippen molar-refractivity contribution in [1.82, 2.24) is 9.80 Å². The Balaban J connectivity index is 1.50. The molecule has 7 nitrogen and oxygen atoms in total. The second-order valence-corrected chi connectivity index (χ2v) is 9.38. The maximum Gasteiger partial charge on any atom is 0.238 e. The number of ether oxygens (including phenoxy) is 2. The van der Waals surface area contributed by atoms with Crippen LogP contribution in [0.15, 0.2) is 12.1 Å². The third-order valence-corrected chi connectivity index (χ3v) is 6.53. The molecule has 2 aliphatic heterocycles. The largest absolute Gasteiger partial charge is 0.495 e. The van der Waals surface area contributed by atoms with Crippen LogP contribution in [0.4, 0.5) is 5.69 Å². The van der Waals surface area contributed by atoms with Gasteiger partial charge in [-0.1, -0.05) is 25.4 Å². The summed E-state index contributed by atoms with van der Waals surface area (Å²) in [5.41, 5.74) is 0.511. The van der Waals surface area contributed by atoms with Gasteiger partial charge in [0.1, 0.15) is 11.5 Å². The van der Waals surface area contributed by atoms with Crippen LogP contribution in [-0.2, 0) is 9.59 Å². The molecule has 0 aromatic heterocycles. The van der Waals surface area contributed by atoms with E-state index in [1.165, 1.54) is 20.6 Å². The van der Waals surface area contributed by atoms with E-state index in [-0.39, 0.29) is 18.4 Å². The van der Waals surface area contributed by atoms with Crippen LogP contribution in [0.1, 0.15) is 33.1 Å². The summed E-state index contributed by atoms with van der Waals surface area (Å²) in [4.78, 5) is 29.7. The van der Waals surface area contributed by atoms with Gasteiger partial charge in [0.15, 0.2) is 0 Å². The molecule has 0 aliphatic carbocycles. The highest BCUT2D eigenvalue weighted by atomic mass is 35.5. The lowest BCUT2D eigenvalue weighted by Crippen LogP contribution is -2.48. The fourth-order valence-corrected chi connectivity index (χ4v) is 5.03. The number of amides is 2. The lowest BCUT2D eigenvalue weighted by Gasteiger charge is -2.39. The number of nitrogens with zero attached hydrogens (tertiary/aromatic N) is 2. The molecule has 0 bridgehead atoms. The molecule has 8 heteroatoms. The van der Waals surface area contributed by atoms with Crippen molar-refractivity contribution in [3.8, 4) is 11.5 Å². The van der Waals surface area contributed by atoms with Gasteiger partial charge in [0.05, 0.1) is 31.5 Å². The fourth-order valence-electron chi connectivity index (χ4n) is 4.79. The molecule has 172 valence electrons. The zero-order valence-corrected chi connectivity index (χ0v) is 19.7. The van der Waals surface area contributed by atoms with E-state index in [1.807, 2.05) is 0 Å². The number of halogens is 1. The minimum Gasteiger partial charge on any atom is -0.495 e. The number of carbonyl (C=O) groups is 2. The molecule has 2 aliphatic rings. The molecule has 3 rings (SSSR count). The Hall–Kier alpha value is -1.99. The molecule has 1 aromatic carbocycles. The van der Waals surface area contributed by atoms with Crippen LogP contribution in [0.2, 0.25) is 5.02 Å². The molecule has 2 amide bonds. The summed E-state index contributed by atoms with van der Waals surface area (Å²) >= 11 is 6.18. The Labute approximate surface area is 190 Å². The zero-order chi connectivity index (χ0) is 22.5. The Morgan fingerprint density at radius 1 is 1.06 bits per heavy atom. The maximum atomic E-state index is 13.0. The minimum absolute atomic E-state index is 0.0669. The number of carbonyl (C=O) groups excluding carboxylic acids is 2. The average Bonchev–Trinajstić information content (AvgIpc) is 2.73. The van der Waals surface area contributed by atoms with Crippen molar-refractivity contribution in [2.24, 2.45) is 17.8 Å². The van der Waals surface area contributed by atoms with E-state index < -0.39 is 0 Å². The minimum atomic E-state index is -0.136. The quantitative estimate of drug-likeness (QED) is 0.716. The van der Waals surface area contributed by atoms with Crippen molar-refractivity contribution in [3.05, 3.63) is 17.2 Å². The number of benzene rings is 1. The number of hydrogen-bond donors (Lipinski definition) is 1. The number of likely N-dealkylation sites (tertiary alicyclic amines) is 2. The maximum absolute atomic E-state index is 13.0. The van der Waals surface area contributed by atoms with E-state index in [4.69, 9.17) is 21.1 Å². The molecule has 0 unspecified atom stereocenters. The number of anilines is 1.